The van der Waals surface area contributed by atoms with Crippen LogP contribution in [0.15, 0.2) is 23.1 Å². The third-order valence-electron chi connectivity index (χ3n) is 3.02. The Balaban J connectivity index is 2.08. The number of hydrogen-bond donors (Lipinski definition) is 1. The van der Waals surface area contributed by atoms with Gasteiger partial charge in [0.05, 0.1) is 10.6 Å². The average Bonchev–Trinajstić information content (AvgIpc) is 2.33. The number of carbonyl (C=O) groups is 1. The highest BCUT2D eigenvalue weighted by Gasteiger charge is 2.16. The maximum Gasteiger partial charge on any atom is 0.335 e. The molecular formula is C13H15ClO2S. The predicted octanol–water partition coefficient (Wildman–Crippen LogP) is 4.46. The van der Waals surface area contributed by atoms with Gasteiger partial charge in [-0.1, -0.05) is 30.9 Å². The van der Waals surface area contributed by atoms with E-state index < -0.39 is 5.97 Å². The second-order valence-corrected chi connectivity index (χ2v) is 6.08. The minimum Gasteiger partial charge on any atom is -0.478 e. The summed E-state index contributed by atoms with van der Waals surface area (Å²) in [6.45, 7) is 0. The van der Waals surface area contributed by atoms with Crippen LogP contribution in [-0.2, 0) is 0 Å². The summed E-state index contributed by atoms with van der Waals surface area (Å²) in [5.74, 6) is -0.930. The Kier molecular flexibility index (Phi) is 4.35. The molecule has 0 heterocycles. The smallest absolute Gasteiger partial charge is 0.335 e. The van der Waals surface area contributed by atoms with Gasteiger partial charge in [-0.05, 0) is 31.0 Å². The third kappa shape index (κ3) is 3.39. The molecule has 0 unspecified atom stereocenters. The predicted molar refractivity (Wildman–Crippen MR) is 71.1 cm³/mol. The maximum atomic E-state index is 10.8. The molecule has 17 heavy (non-hydrogen) atoms. The van der Waals surface area contributed by atoms with E-state index in [0.717, 1.165) is 4.90 Å². The van der Waals surface area contributed by atoms with E-state index in [0.29, 0.717) is 10.3 Å². The summed E-state index contributed by atoms with van der Waals surface area (Å²) in [4.78, 5) is 11.8. The Bertz CT molecular complexity index is 414. The van der Waals surface area contributed by atoms with E-state index in [1.807, 2.05) is 6.07 Å². The van der Waals surface area contributed by atoms with Gasteiger partial charge in [0.25, 0.3) is 0 Å². The summed E-state index contributed by atoms with van der Waals surface area (Å²) < 4.78 is 0. The van der Waals surface area contributed by atoms with Gasteiger partial charge in [0.15, 0.2) is 0 Å². The van der Waals surface area contributed by atoms with Gasteiger partial charge in [-0.25, -0.2) is 4.79 Å². The van der Waals surface area contributed by atoms with Crippen LogP contribution < -0.4 is 0 Å². The summed E-state index contributed by atoms with van der Waals surface area (Å²) in [6, 6.07) is 4.99. The molecule has 4 heteroatoms. The topological polar surface area (TPSA) is 37.3 Å². The van der Waals surface area contributed by atoms with E-state index in [4.69, 9.17) is 16.7 Å². The van der Waals surface area contributed by atoms with Crippen molar-refractivity contribution in [2.24, 2.45) is 0 Å². The Hall–Kier alpha value is -0.670. The molecule has 1 saturated carbocycles. The monoisotopic (exact) mass is 270 g/mol. The van der Waals surface area contributed by atoms with Crippen molar-refractivity contribution in [3.05, 3.63) is 28.8 Å². The standard InChI is InChI=1S/C13H15ClO2S/c14-11-8-9(13(15)16)6-7-12(11)17-10-4-2-1-3-5-10/h6-8,10H,1-5H2,(H,15,16). The molecule has 0 amide bonds. The quantitative estimate of drug-likeness (QED) is 0.881. The summed E-state index contributed by atoms with van der Waals surface area (Å²) in [6.07, 6.45) is 6.40. The van der Waals surface area contributed by atoms with Crippen LogP contribution in [0, 0.1) is 0 Å². The van der Waals surface area contributed by atoms with Crippen molar-refractivity contribution >= 4 is 29.3 Å². The molecule has 0 radical (unpaired) electrons. The van der Waals surface area contributed by atoms with Gasteiger partial charge in [-0.2, -0.15) is 0 Å². The normalized spacial score (nSPS) is 17.0. The molecule has 1 N–H and O–H groups in total. The lowest BCUT2D eigenvalue weighted by atomic mass is 10.0. The fraction of sp³-hybridized carbons (Fsp3) is 0.462. The van der Waals surface area contributed by atoms with Crippen molar-refractivity contribution in [3.8, 4) is 0 Å². The number of aromatic carboxylic acids is 1. The first-order chi connectivity index (χ1) is 8.16. The van der Waals surface area contributed by atoms with Crippen LogP contribution in [0.5, 0.6) is 0 Å². The highest BCUT2D eigenvalue weighted by Crippen LogP contribution is 2.37. The van der Waals surface area contributed by atoms with E-state index in [-0.39, 0.29) is 5.56 Å². The summed E-state index contributed by atoms with van der Waals surface area (Å²) in [5, 5.41) is 10.0. The largest absolute Gasteiger partial charge is 0.478 e. The number of benzene rings is 1. The van der Waals surface area contributed by atoms with Crippen LogP contribution in [0.4, 0.5) is 0 Å². The lowest BCUT2D eigenvalue weighted by Crippen LogP contribution is -2.07. The molecule has 1 fully saturated rings. The molecule has 0 atom stereocenters. The van der Waals surface area contributed by atoms with E-state index in [2.05, 4.69) is 0 Å². The SMILES string of the molecule is O=C(O)c1ccc(SC2CCCCC2)c(Cl)c1. The molecule has 0 bridgehead atoms. The van der Waals surface area contributed by atoms with Crippen molar-refractivity contribution in [2.45, 2.75) is 42.2 Å². The molecule has 92 valence electrons. The van der Waals surface area contributed by atoms with Crippen LogP contribution in [0.3, 0.4) is 0 Å². The van der Waals surface area contributed by atoms with Gasteiger partial charge in [-0.15, -0.1) is 11.8 Å². The van der Waals surface area contributed by atoms with Crippen LogP contribution in [0.1, 0.15) is 42.5 Å². The van der Waals surface area contributed by atoms with Gasteiger partial charge in [0.1, 0.15) is 0 Å². The number of rotatable bonds is 3. The number of thioether (sulfide) groups is 1. The fourth-order valence-corrected chi connectivity index (χ4v) is 3.65. The molecular weight excluding hydrogens is 256 g/mol. The van der Waals surface area contributed by atoms with Gasteiger partial charge in [0.2, 0.25) is 0 Å². The lowest BCUT2D eigenvalue weighted by Gasteiger charge is -2.21. The first-order valence-electron chi connectivity index (χ1n) is 5.86. The Morgan fingerprint density at radius 2 is 2.00 bits per heavy atom. The van der Waals surface area contributed by atoms with E-state index in [1.165, 1.54) is 38.2 Å². The molecule has 0 aromatic heterocycles. The van der Waals surface area contributed by atoms with E-state index >= 15 is 0 Å². The van der Waals surface area contributed by atoms with Gasteiger partial charge in [0, 0.05) is 10.1 Å². The number of carboxylic acid groups (broad SMARTS) is 1. The highest BCUT2D eigenvalue weighted by molar-refractivity contribution is 8.00. The molecule has 1 aliphatic rings. The number of carboxylic acids is 1. The molecule has 2 nitrogen and oxygen atoms in total. The number of halogens is 1. The molecule has 0 saturated heterocycles. The van der Waals surface area contributed by atoms with Crippen LogP contribution in [0.25, 0.3) is 0 Å². The van der Waals surface area contributed by atoms with E-state index in [9.17, 15) is 4.79 Å². The van der Waals surface area contributed by atoms with Crippen molar-refractivity contribution in [3.63, 3.8) is 0 Å². The average molecular weight is 271 g/mol. The Morgan fingerprint density at radius 3 is 2.59 bits per heavy atom. The zero-order chi connectivity index (χ0) is 12.3. The van der Waals surface area contributed by atoms with Crippen molar-refractivity contribution in [1.29, 1.82) is 0 Å². The Morgan fingerprint density at radius 1 is 1.29 bits per heavy atom. The van der Waals surface area contributed by atoms with Crippen LogP contribution in [-0.4, -0.2) is 16.3 Å². The van der Waals surface area contributed by atoms with Crippen molar-refractivity contribution < 1.29 is 9.90 Å². The lowest BCUT2D eigenvalue weighted by molar-refractivity contribution is 0.0697. The summed E-state index contributed by atoms with van der Waals surface area (Å²) in [5.41, 5.74) is 0.253. The molecule has 1 aliphatic carbocycles. The highest BCUT2D eigenvalue weighted by atomic mass is 35.5. The molecule has 0 spiro atoms. The fourth-order valence-electron chi connectivity index (χ4n) is 2.09. The minimum absolute atomic E-state index is 0.253. The first-order valence-corrected chi connectivity index (χ1v) is 7.12. The molecule has 1 aromatic rings. The number of hydrogen-bond acceptors (Lipinski definition) is 2. The third-order valence-corrected chi connectivity index (χ3v) is 4.86. The van der Waals surface area contributed by atoms with E-state index in [1.54, 1.807) is 17.8 Å². The van der Waals surface area contributed by atoms with Crippen LogP contribution in [0.2, 0.25) is 5.02 Å². The Labute approximate surface area is 110 Å². The van der Waals surface area contributed by atoms with Gasteiger partial charge in [-0.3, -0.25) is 0 Å². The van der Waals surface area contributed by atoms with Crippen molar-refractivity contribution in [1.82, 2.24) is 0 Å². The molecule has 0 aliphatic heterocycles. The zero-order valence-electron chi connectivity index (χ0n) is 9.49. The summed E-state index contributed by atoms with van der Waals surface area (Å²) >= 11 is 7.90. The van der Waals surface area contributed by atoms with Crippen molar-refractivity contribution in [2.75, 3.05) is 0 Å². The maximum absolute atomic E-state index is 10.8. The second-order valence-electron chi connectivity index (χ2n) is 4.33. The van der Waals surface area contributed by atoms with Gasteiger partial charge < -0.3 is 5.11 Å². The molecule has 1 aromatic carbocycles. The molecule has 2 rings (SSSR count). The first kappa shape index (κ1) is 12.8. The zero-order valence-corrected chi connectivity index (χ0v) is 11.1. The second kappa shape index (κ2) is 5.78. The minimum atomic E-state index is -0.930. The van der Waals surface area contributed by atoms with Crippen LogP contribution >= 0.6 is 23.4 Å². The van der Waals surface area contributed by atoms with Gasteiger partial charge >= 0.3 is 5.97 Å². The summed E-state index contributed by atoms with van der Waals surface area (Å²) in [7, 11) is 0.